The molecule has 1 fully saturated rings. The molecule has 1 aliphatic rings. The number of carbonyl (C=O) groups excluding carboxylic acids is 1. The summed E-state index contributed by atoms with van der Waals surface area (Å²) >= 11 is 0. The number of aromatic nitrogens is 2. The highest BCUT2D eigenvalue weighted by Crippen LogP contribution is 2.18. The number of nitrogens with two attached hydrogens (primary N) is 1. The van der Waals surface area contributed by atoms with Gasteiger partial charge in [0.15, 0.2) is 0 Å². The highest BCUT2D eigenvalue weighted by Gasteiger charge is 2.26. The average Bonchev–Trinajstić information content (AvgIpc) is 2.74. The van der Waals surface area contributed by atoms with Gasteiger partial charge in [0.1, 0.15) is 11.4 Å². The van der Waals surface area contributed by atoms with E-state index in [1.54, 1.807) is 6.20 Å². The summed E-state index contributed by atoms with van der Waals surface area (Å²) in [5.41, 5.74) is 5.09. The predicted molar refractivity (Wildman–Crippen MR) is 76.4 cm³/mol. The third kappa shape index (κ3) is 3.97. The molecule has 1 atom stereocenters. The molecule has 0 radical (unpaired) electrons. The zero-order valence-corrected chi connectivity index (χ0v) is 12.1. The molecular weight excluding hydrogens is 258 g/mol. The van der Waals surface area contributed by atoms with Crippen molar-refractivity contribution in [1.82, 2.24) is 15.3 Å². The van der Waals surface area contributed by atoms with Crippen LogP contribution in [0.3, 0.4) is 0 Å². The summed E-state index contributed by atoms with van der Waals surface area (Å²) in [4.78, 5) is 21.8. The fraction of sp³-hybridized carbons (Fsp3) is 0.615. The summed E-state index contributed by atoms with van der Waals surface area (Å²) in [6.07, 6.45) is 2.10. The lowest BCUT2D eigenvalue weighted by Gasteiger charge is -2.22. The first-order chi connectivity index (χ1) is 9.33. The highest BCUT2D eigenvalue weighted by atomic mass is 16.6. The topological polar surface area (TPSA) is 93.4 Å². The first kappa shape index (κ1) is 14.4. The molecule has 1 aromatic heterocycles. The molecule has 20 heavy (non-hydrogen) atoms. The highest BCUT2D eigenvalue weighted by molar-refractivity contribution is 5.68. The SMILES string of the molecule is CC(C)(C)OC(=O)NC1CCN(c2ccnc(N)n2)C1. The Bertz CT molecular complexity index is 486. The summed E-state index contributed by atoms with van der Waals surface area (Å²) in [6, 6.07) is 1.87. The molecule has 7 nitrogen and oxygen atoms in total. The van der Waals surface area contributed by atoms with Gasteiger partial charge in [-0.05, 0) is 33.3 Å². The number of hydrogen-bond acceptors (Lipinski definition) is 6. The number of anilines is 2. The molecule has 0 saturated carbocycles. The molecule has 1 aliphatic heterocycles. The van der Waals surface area contributed by atoms with Gasteiger partial charge in [0, 0.05) is 19.3 Å². The molecule has 110 valence electrons. The van der Waals surface area contributed by atoms with Crippen LogP contribution in [-0.4, -0.2) is 40.8 Å². The fourth-order valence-electron chi connectivity index (χ4n) is 2.10. The lowest BCUT2D eigenvalue weighted by atomic mass is 10.2. The van der Waals surface area contributed by atoms with E-state index in [0.29, 0.717) is 6.54 Å². The molecule has 1 saturated heterocycles. The van der Waals surface area contributed by atoms with Crippen molar-refractivity contribution >= 4 is 17.9 Å². The van der Waals surface area contributed by atoms with Crippen molar-refractivity contribution in [2.24, 2.45) is 0 Å². The third-order valence-electron chi connectivity index (χ3n) is 2.89. The zero-order chi connectivity index (χ0) is 14.8. The van der Waals surface area contributed by atoms with Gasteiger partial charge in [0.25, 0.3) is 0 Å². The van der Waals surface area contributed by atoms with Gasteiger partial charge in [0.05, 0.1) is 6.04 Å². The van der Waals surface area contributed by atoms with Gasteiger partial charge in [-0.25, -0.2) is 9.78 Å². The summed E-state index contributed by atoms with van der Waals surface area (Å²) in [7, 11) is 0. The Morgan fingerprint density at radius 3 is 2.95 bits per heavy atom. The van der Waals surface area contributed by atoms with Crippen LogP contribution in [0.5, 0.6) is 0 Å². The second-order valence-corrected chi connectivity index (χ2v) is 5.85. The Morgan fingerprint density at radius 1 is 1.55 bits per heavy atom. The Balaban J connectivity index is 1.88. The van der Waals surface area contributed by atoms with Gasteiger partial charge in [0.2, 0.25) is 5.95 Å². The monoisotopic (exact) mass is 279 g/mol. The second kappa shape index (κ2) is 5.52. The predicted octanol–water partition coefficient (Wildman–Crippen LogP) is 1.16. The Labute approximate surface area is 118 Å². The van der Waals surface area contributed by atoms with Crippen molar-refractivity contribution in [3.63, 3.8) is 0 Å². The van der Waals surface area contributed by atoms with Crippen molar-refractivity contribution in [3.8, 4) is 0 Å². The maximum atomic E-state index is 11.7. The molecule has 7 heteroatoms. The molecule has 3 N–H and O–H groups in total. The minimum absolute atomic E-state index is 0.0565. The summed E-state index contributed by atoms with van der Waals surface area (Å²) < 4.78 is 5.25. The molecule has 1 unspecified atom stereocenters. The molecule has 0 aliphatic carbocycles. The molecule has 0 spiro atoms. The first-order valence-corrected chi connectivity index (χ1v) is 6.66. The molecule has 1 aromatic rings. The Morgan fingerprint density at radius 2 is 2.30 bits per heavy atom. The minimum atomic E-state index is -0.483. The van der Waals surface area contributed by atoms with Crippen molar-refractivity contribution in [3.05, 3.63) is 12.3 Å². The van der Waals surface area contributed by atoms with Crippen LogP contribution < -0.4 is 16.0 Å². The third-order valence-corrected chi connectivity index (χ3v) is 2.89. The number of nitrogen functional groups attached to an aromatic ring is 1. The quantitative estimate of drug-likeness (QED) is 0.844. The number of carbonyl (C=O) groups is 1. The minimum Gasteiger partial charge on any atom is -0.444 e. The first-order valence-electron chi connectivity index (χ1n) is 6.66. The van der Waals surface area contributed by atoms with Crippen LogP contribution in [0.4, 0.5) is 16.6 Å². The number of nitrogens with zero attached hydrogens (tertiary/aromatic N) is 3. The standard InChI is InChI=1S/C13H21N5O2/c1-13(2,3)20-12(19)16-9-5-7-18(8-9)10-4-6-15-11(14)17-10/h4,6,9H,5,7-8H2,1-3H3,(H,16,19)(H2,14,15,17). The van der Waals surface area contributed by atoms with Gasteiger partial charge >= 0.3 is 6.09 Å². The smallest absolute Gasteiger partial charge is 0.407 e. The molecule has 2 rings (SSSR count). The Hall–Kier alpha value is -2.05. The Kier molecular flexibility index (Phi) is 3.96. The summed E-state index contributed by atoms with van der Waals surface area (Å²) in [5.74, 6) is 1.04. The molecule has 1 amide bonds. The van der Waals surface area contributed by atoms with Crippen molar-refractivity contribution < 1.29 is 9.53 Å². The lowest BCUT2D eigenvalue weighted by Crippen LogP contribution is -2.40. The van der Waals surface area contributed by atoms with Crippen molar-refractivity contribution in [2.75, 3.05) is 23.7 Å². The molecule has 0 aromatic carbocycles. The van der Waals surface area contributed by atoms with E-state index in [1.165, 1.54) is 0 Å². The van der Waals surface area contributed by atoms with E-state index >= 15 is 0 Å². The van der Waals surface area contributed by atoms with E-state index in [-0.39, 0.29) is 18.1 Å². The van der Waals surface area contributed by atoms with Crippen LogP contribution in [0.25, 0.3) is 0 Å². The zero-order valence-electron chi connectivity index (χ0n) is 12.1. The van der Waals surface area contributed by atoms with Crippen molar-refractivity contribution in [2.45, 2.75) is 38.8 Å². The molecular formula is C13H21N5O2. The van der Waals surface area contributed by atoms with Crippen LogP contribution in [0.2, 0.25) is 0 Å². The van der Waals surface area contributed by atoms with Crippen LogP contribution in [-0.2, 0) is 4.74 Å². The van der Waals surface area contributed by atoms with Gasteiger partial charge < -0.3 is 20.7 Å². The van der Waals surface area contributed by atoms with Gasteiger partial charge in [-0.1, -0.05) is 0 Å². The number of ether oxygens (including phenoxy) is 1. The maximum absolute atomic E-state index is 11.7. The number of nitrogens with one attached hydrogen (secondary N) is 1. The number of rotatable bonds is 2. The largest absolute Gasteiger partial charge is 0.444 e. The summed E-state index contributed by atoms with van der Waals surface area (Å²) in [6.45, 7) is 7.04. The number of hydrogen-bond donors (Lipinski definition) is 2. The maximum Gasteiger partial charge on any atom is 0.407 e. The lowest BCUT2D eigenvalue weighted by molar-refractivity contribution is 0.0509. The number of alkyl carbamates (subject to hydrolysis) is 1. The van der Waals surface area contributed by atoms with Crippen molar-refractivity contribution in [1.29, 1.82) is 0 Å². The molecule has 0 bridgehead atoms. The van der Waals surface area contributed by atoms with Gasteiger partial charge in [-0.3, -0.25) is 0 Å². The number of amides is 1. The second-order valence-electron chi connectivity index (χ2n) is 5.85. The average molecular weight is 279 g/mol. The van der Waals surface area contributed by atoms with E-state index in [1.807, 2.05) is 26.8 Å². The van der Waals surface area contributed by atoms with Crippen LogP contribution in [0.1, 0.15) is 27.2 Å². The normalized spacial score (nSPS) is 18.9. The van der Waals surface area contributed by atoms with Crippen LogP contribution in [0, 0.1) is 0 Å². The fourth-order valence-corrected chi connectivity index (χ4v) is 2.10. The summed E-state index contributed by atoms with van der Waals surface area (Å²) in [5, 5.41) is 2.87. The van der Waals surface area contributed by atoms with Gasteiger partial charge in [-0.2, -0.15) is 4.98 Å². The van der Waals surface area contributed by atoms with Crippen LogP contribution >= 0.6 is 0 Å². The van der Waals surface area contributed by atoms with E-state index < -0.39 is 5.60 Å². The van der Waals surface area contributed by atoms with E-state index in [2.05, 4.69) is 20.2 Å². The van der Waals surface area contributed by atoms with Gasteiger partial charge in [-0.15, -0.1) is 0 Å². The van der Waals surface area contributed by atoms with E-state index in [0.717, 1.165) is 18.8 Å². The van der Waals surface area contributed by atoms with Crippen LogP contribution in [0.15, 0.2) is 12.3 Å². The molecule has 2 heterocycles. The van der Waals surface area contributed by atoms with E-state index in [9.17, 15) is 4.79 Å². The van der Waals surface area contributed by atoms with E-state index in [4.69, 9.17) is 10.5 Å².